The molecule has 0 spiro atoms. The van der Waals surface area contributed by atoms with Crippen LogP contribution in [0.2, 0.25) is 0 Å². The summed E-state index contributed by atoms with van der Waals surface area (Å²) in [5.74, 6) is 1.41. The maximum Gasteiger partial charge on any atom is 0.129 e. The van der Waals surface area contributed by atoms with Gasteiger partial charge < -0.3 is 9.64 Å². The van der Waals surface area contributed by atoms with Crippen molar-refractivity contribution in [2.45, 2.75) is 25.8 Å². The monoisotopic (exact) mass is 242 g/mol. The summed E-state index contributed by atoms with van der Waals surface area (Å²) in [5.41, 5.74) is 0.905. The number of halogens is 1. The van der Waals surface area contributed by atoms with E-state index in [0.717, 1.165) is 18.1 Å². The van der Waals surface area contributed by atoms with Gasteiger partial charge in [-0.25, -0.2) is 4.98 Å². The van der Waals surface area contributed by atoms with Crippen LogP contribution in [0.3, 0.4) is 0 Å². The fourth-order valence-electron chi connectivity index (χ4n) is 1.73. The molecule has 1 atom stereocenters. The molecule has 0 amide bonds. The minimum absolute atomic E-state index is 0.313. The number of methoxy groups -OCH3 is 1. The lowest BCUT2D eigenvalue weighted by atomic mass is 10.2. The van der Waals surface area contributed by atoms with Crippen LogP contribution >= 0.6 is 11.6 Å². The minimum atomic E-state index is 0.313. The largest absolute Gasteiger partial charge is 0.383 e. The van der Waals surface area contributed by atoms with Crippen molar-refractivity contribution >= 4 is 17.4 Å². The number of aromatic nitrogens is 1. The SMILES string of the molecule is CCN(c1cccc(CCl)n1)C(C)COC. The van der Waals surface area contributed by atoms with E-state index in [1.54, 1.807) is 7.11 Å². The molecule has 1 heterocycles. The van der Waals surface area contributed by atoms with Crippen molar-refractivity contribution in [1.29, 1.82) is 0 Å². The van der Waals surface area contributed by atoms with Gasteiger partial charge in [0.25, 0.3) is 0 Å². The highest BCUT2D eigenvalue weighted by Crippen LogP contribution is 2.15. The Bertz CT molecular complexity index is 320. The highest BCUT2D eigenvalue weighted by Gasteiger charge is 2.13. The number of pyridine rings is 1. The van der Waals surface area contributed by atoms with E-state index in [0.29, 0.717) is 18.5 Å². The van der Waals surface area contributed by atoms with E-state index in [1.165, 1.54) is 0 Å². The molecule has 0 N–H and O–H groups in total. The van der Waals surface area contributed by atoms with Gasteiger partial charge in [-0.3, -0.25) is 0 Å². The van der Waals surface area contributed by atoms with Crippen molar-refractivity contribution in [3.05, 3.63) is 23.9 Å². The number of hydrogen-bond acceptors (Lipinski definition) is 3. The second kappa shape index (κ2) is 6.71. The van der Waals surface area contributed by atoms with Crippen LogP contribution in [-0.2, 0) is 10.6 Å². The summed E-state index contributed by atoms with van der Waals surface area (Å²) in [6, 6.07) is 6.24. The van der Waals surface area contributed by atoms with Crippen LogP contribution in [0.5, 0.6) is 0 Å². The van der Waals surface area contributed by atoms with Gasteiger partial charge in [-0.2, -0.15) is 0 Å². The standard InChI is InChI=1S/C12H19ClN2O/c1-4-15(10(2)9-16-3)12-7-5-6-11(8-13)14-12/h5-7,10H,4,8-9H2,1-3H3. The Morgan fingerprint density at radius 3 is 2.81 bits per heavy atom. The Morgan fingerprint density at radius 2 is 2.25 bits per heavy atom. The van der Waals surface area contributed by atoms with Gasteiger partial charge >= 0.3 is 0 Å². The van der Waals surface area contributed by atoms with E-state index in [4.69, 9.17) is 16.3 Å². The van der Waals surface area contributed by atoms with E-state index < -0.39 is 0 Å². The number of ether oxygens (including phenoxy) is 1. The number of rotatable bonds is 6. The first-order chi connectivity index (χ1) is 7.72. The third-order valence-corrected chi connectivity index (χ3v) is 2.78. The van der Waals surface area contributed by atoms with Crippen LogP contribution in [0.25, 0.3) is 0 Å². The summed E-state index contributed by atoms with van der Waals surface area (Å²) in [6.07, 6.45) is 0. The molecule has 0 bridgehead atoms. The van der Waals surface area contributed by atoms with Crippen molar-refractivity contribution < 1.29 is 4.74 Å². The number of nitrogens with zero attached hydrogens (tertiary/aromatic N) is 2. The molecule has 0 saturated heterocycles. The summed E-state index contributed by atoms with van der Waals surface area (Å²) in [5, 5.41) is 0. The average Bonchev–Trinajstić information content (AvgIpc) is 2.31. The highest BCUT2D eigenvalue weighted by atomic mass is 35.5. The van der Waals surface area contributed by atoms with Crippen LogP contribution in [0.1, 0.15) is 19.5 Å². The van der Waals surface area contributed by atoms with Gasteiger partial charge in [0.2, 0.25) is 0 Å². The van der Waals surface area contributed by atoms with Gasteiger partial charge in [0.1, 0.15) is 5.82 Å². The average molecular weight is 243 g/mol. The van der Waals surface area contributed by atoms with Crippen molar-refractivity contribution in [3.8, 4) is 0 Å². The fourth-order valence-corrected chi connectivity index (χ4v) is 1.88. The van der Waals surface area contributed by atoms with Gasteiger partial charge in [0.05, 0.1) is 24.2 Å². The van der Waals surface area contributed by atoms with Gasteiger partial charge in [0.15, 0.2) is 0 Å². The normalized spacial score (nSPS) is 12.5. The summed E-state index contributed by atoms with van der Waals surface area (Å²) in [7, 11) is 1.72. The lowest BCUT2D eigenvalue weighted by molar-refractivity contribution is 0.181. The number of hydrogen-bond donors (Lipinski definition) is 0. The zero-order chi connectivity index (χ0) is 12.0. The van der Waals surface area contributed by atoms with Crippen molar-refractivity contribution in [2.24, 2.45) is 0 Å². The van der Waals surface area contributed by atoms with Crippen LogP contribution in [0, 0.1) is 0 Å². The molecular weight excluding hydrogens is 224 g/mol. The summed E-state index contributed by atoms with van der Waals surface area (Å²) in [6.45, 7) is 5.84. The second-order valence-electron chi connectivity index (χ2n) is 3.71. The molecule has 3 nitrogen and oxygen atoms in total. The van der Waals surface area contributed by atoms with Crippen molar-refractivity contribution in [3.63, 3.8) is 0 Å². The van der Waals surface area contributed by atoms with Gasteiger partial charge in [-0.1, -0.05) is 6.07 Å². The van der Waals surface area contributed by atoms with Crippen LogP contribution in [0.15, 0.2) is 18.2 Å². The van der Waals surface area contributed by atoms with Gasteiger partial charge in [0, 0.05) is 13.7 Å². The lowest BCUT2D eigenvalue weighted by Crippen LogP contribution is -2.36. The number of likely N-dealkylation sites (N-methyl/N-ethyl adjacent to an activating group) is 1. The smallest absolute Gasteiger partial charge is 0.129 e. The van der Waals surface area contributed by atoms with Crippen molar-refractivity contribution in [1.82, 2.24) is 4.98 Å². The van der Waals surface area contributed by atoms with E-state index in [1.807, 2.05) is 18.2 Å². The molecular formula is C12H19ClN2O. The highest BCUT2D eigenvalue weighted by molar-refractivity contribution is 6.16. The molecule has 4 heteroatoms. The minimum Gasteiger partial charge on any atom is -0.383 e. The van der Waals surface area contributed by atoms with Crippen LogP contribution < -0.4 is 4.90 Å². The van der Waals surface area contributed by atoms with Crippen molar-refractivity contribution in [2.75, 3.05) is 25.2 Å². The predicted molar refractivity (Wildman–Crippen MR) is 68.2 cm³/mol. The molecule has 0 radical (unpaired) electrons. The molecule has 0 aliphatic rings. The topological polar surface area (TPSA) is 25.4 Å². The van der Waals surface area contributed by atoms with E-state index in [9.17, 15) is 0 Å². The molecule has 1 aromatic rings. The Labute approximate surface area is 102 Å². The fraction of sp³-hybridized carbons (Fsp3) is 0.583. The van der Waals surface area contributed by atoms with E-state index >= 15 is 0 Å². The second-order valence-corrected chi connectivity index (χ2v) is 3.98. The first-order valence-electron chi connectivity index (χ1n) is 5.50. The quantitative estimate of drug-likeness (QED) is 0.718. The maximum atomic E-state index is 5.78. The third kappa shape index (κ3) is 3.35. The van der Waals surface area contributed by atoms with Crippen LogP contribution in [-0.4, -0.2) is 31.3 Å². The lowest BCUT2D eigenvalue weighted by Gasteiger charge is -2.28. The molecule has 16 heavy (non-hydrogen) atoms. The molecule has 0 fully saturated rings. The van der Waals surface area contributed by atoms with E-state index in [2.05, 4.69) is 23.7 Å². The summed E-state index contributed by atoms with van der Waals surface area (Å²) < 4.78 is 5.17. The number of alkyl halides is 1. The van der Waals surface area contributed by atoms with Gasteiger partial charge in [-0.05, 0) is 26.0 Å². The molecule has 0 aromatic carbocycles. The first-order valence-corrected chi connectivity index (χ1v) is 6.03. The third-order valence-electron chi connectivity index (χ3n) is 2.50. The zero-order valence-electron chi connectivity index (χ0n) is 10.1. The molecule has 1 unspecified atom stereocenters. The number of anilines is 1. The summed E-state index contributed by atoms with van der Waals surface area (Å²) >= 11 is 5.78. The Hall–Kier alpha value is -0.800. The molecule has 0 saturated carbocycles. The summed E-state index contributed by atoms with van der Waals surface area (Å²) in [4.78, 5) is 6.71. The Morgan fingerprint density at radius 1 is 1.50 bits per heavy atom. The molecule has 0 aliphatic carbocycles. The maximum absolute atomic E-state index is 5.78. The van der Waals surface area contributed by atoms with Gasteiger partial charge in [-0.15, -0.1) is 11.6 Å². The Kier molecular flexibility index (Phi) is 5.56. The first kappa shape index (κ1) is 13.3. The van der Waals surface area contributed by atoms with E-state index in [-0.39, 0.29) is 0 Å². The molecule has 1 rings (SSSR count). The predicted octanol–water partition coefficient (Wildman–Crippen LogP) is 2.68. The molecule has 0 aliphatic heterocycles. The molecule has 90 valence electrons. The Balaban J connectivity index is 2.85. The van der Waals surface area contributed by atoms with Crippen LogP contribution in [0.4, 0.5) is 5.82 Å². The molecule has 1 aromatic heterocycles. The zero-order valence-corrected chi connectivity index (χ0v) is 10.9.